The quantitative estimate of drug-likeness (QED) is 0.140. The molecule has 0 bridgehead atoms. The molecule has 0 radical (unpaired) electrons. The van der Waals surface area contributed by atoms with E-state index in [2.05, 4.69) is 22.1 Å². The number of nitro groups is 1. The number of pyridine rings is 1. The summed E-state index contributed by atoms with van der Waals surface area (Å²) in [5.74, 6) is 1.13. The molecule has 1 heterocycles. The van der Waals surface area contributed by atoms with Gasteiger partial charge in [-0.25, -0.2) is 4.98 Å². The van der Waals surface area contributed by atoms with E-state index in [-0.39, 0.29) is 18.1 Å². The zero-order valence-corrected chi connectivity index (χ0v) is 19.8. The molecule has 0 saturated carbocycles. The van der Waals surface area contributed by atoms with Crippen LogP contribution in [0, 0.1) is 10.1 Å². The molecule has 1 aromatic heterocycles. The Morgan fingerprint density at radius 3 is 2.74 bits per heavy atom. The third-order valence-electron chi connectivity index (χ3n) is 4.57. The molecule has 2 aromatic carbocycles. The van der Waals surface area contributed by atoms with E-state index in [0.29, 0.717) is 40.1 Å². The Hall–Kier alpha value is -3.62. The number of hydrogen-bond donors (Lipinski definition) is 1. The van der Waals surface area contributed by atoms with E-state index in [0.717, 1.165) is 11.1 Å². The van der Waals surface area contributed by atoms with Crippen LogP contribution in [-0.4, -0.2) is 22.7 Å². The van der Waals surface area contributed by atoms with Crippen LogP contribution in [0.1, 0.15) is 23.6 Å². The van der Waals surface area contributed by atoms with Crippen molar-refractivity contribution in [2.75, 3.05) is 12.0 Å². The van der Waals surface area contributed by atoms with Gasteiger partial charge in [0.15, 0.2) is 11.5 Å². The van der Waals surface area contributed by atoms with Crippen LogP contribution in [0.5, 0.6) is 11.5 Å². The number of aromatic nitrogens is 1. The lowest BCUT2D eigenvalue weighted by atomic mass is 10.1. The maximum absolute atomic E-state index is 11.1. The van der Waals surface area contributed by atoms with Crippen LogP contribution >= 0.6 is 23.2 Å². The summed E-state index contributed by atoms with van der Waals surface area (Å²) in [4.78, 5) is 14.6. The molecule has 0 saturated heterocycles. The minimum Gasteiger partial charge on any atom is -0.490 e. The molecule has 34 heavy (non-hydrogen) atoms. The first kappa shape index (κ1) is 25.0. The molecule has 176 valence electrons. The fourth-order valence-corrected chi connectivity index (χ4v) is 3.54. The van der Waals surface area contributed by atoms with Gasteiger partial charge in [-0.1, -0.05) is 35.3 Å². The maximum atomic E-state index is 11.1. The standard InChI is InChI=1S/C24H22Cl2N4O4/c1-3-6-17-11-16(14-28-29-24-21(30(31)32)7-5-10-27-24)12-22(33-4-2)23(17)34-15-18-8-9-19(25)13-20(18)26/h3,5,7-14H,1,4,6,15H2,2H3,(H,27,29)/b28-14-. The Morgan fingerprint density at radius 2 is 2.03 bits per heavy atom. The first-order valence-electron chi connectivity index (χ1n) is 10.3. The van der Waals surface area contributed by atoms with Crippen molar-refractivity contribution in [2.24, 2.45) is 5.10 Å². The van der Waals surface area contributed by atoms with Gasteiger partial charge in [-0.05, 0) is 49.2 Å². The molecule has 0 fully saturated rings. The van der Waals surface area contributed by atoms with Crippen molar-refractivity contribution in [3.8, 4) is 11.5 Å². The molecule has 8 nitrogen and oxygen atoms in total. The fraction of sp³-hybridized carbons (Fsp3) is 0.167. The molecule has 1 N–H and O–H groups in total. The summed E-state index contributed by atoms with van der Waals surface area (Å²) in [5.41, 5.74) is 4.75. The lowest BCUT2D eigenvalue weighted by Gasteiger charge is -2.17. The summed E-state index contributed by atoms with van der Waals surface area (Å²) in [7, 11) is 0. The zero-order valence-electron chi connectivity index (χ0n) is 18.3. The highest BCUT2D eigenvalue weighted by Crippen LogP contribution is 2.35. The minimum atomic E-state index is -0.528. The highest BCUT2D eigenvalue weighted by atomic mass is 35.5. The Balaban J connectivity index is 1.87. The van der Waals surface area contributed by atoms with Crippen molar-refractivity contribution in [3.63, 3.8) is 0 Å². The van der Waals surface area contributed by atoms with Crippen LogP contribution in [0.15, 0.2) is 66.4 Å². The molecule has 0 aliphatic heterocycles. The second kappa shape index (κ2) is 12.0. The summed E-state index contributed by atoms with van der Waals surface area (Å²) in [6.45, 7) is 6.33. The van der Waals surface area contributed by atoms with E-state index in [4.69, 9.17) is 32.7 Å². The Morgan fingerprint density at radius 1 is 1.21 bits per heavy atom. The largest absolute Gasteiger partial charge is 0.490 e. The van der Waals surface area contributed by atoms with Crippen LogP contribution < -0.4 is 14.9 Å². The fourth-order valence-electron chi connectivity index (χ4n) is 3.08. The van der Waals surface area contributed by atoms with Crippen LogP contribution in [0.25, 0.3) is 0 Å². The van der Waals surface area contributed by atoms with E-state index in [1.807, 2.05) is 19.1 Å². The maximum Gasteiger partial charge on any atom is 0.313 e. The number of nitrogens with zero attached hydrogens (tertiary/aromatic N) is 3. The number of allylic oxidation sites excluding steroid dienone is 1. The average Bonchev–Trinajstić information content (AvgIpc) is 2.80. The second-order valence-corrected chi connectivity index (χ2v) is 7.80. The molecule has 3 rings (SSSR count). The number of benzene rings is 2. The van der Waals surface area contributed by atoms with Crippen molar-refractivity contribution in [2.45, 2.75) is 20.0 Å². The number of anilines is 1. The average molecular weight is 501 g/mol. The van der Waals surface area contributed by atoms with Gasteiger partial charge in [-0.15, -0.1) is 6.58 Å². The molecule has 3 aromatic rings. The lowest BCUT2D eigenvalue weighted by Crippen LogP contribution is -2.04. The van der Waals surface area contributed by atoms with Gasteiger partial charge in [0.25, 0.3) is 0 Å². The Kier molecular flexibility index (Phi) is 8.84. The van der Waals surface area contributed by atoms with Gasteiger partial charge in [-0.2, -0.15) is 5.10 Å². The molecule has 0 aliphatic rings. The van der Waals surface area contributed by atoms with Gasteiger partial charge in [0.2, 0.25) is 5.82 Å². The molecule has 0 spiro atoms. The van der Waals surface area contributed by atoms with Gasteiger partial charge in [0.05, 0.1) is 17.7 Å². The van der Waals surface area contributed by atoms with Crippen molar-refractivity contribution >= 4 is 40.9 Å². The summed E-state index contributed by atoms with van der Waals surface area (Å²) in [6.07, 6.45) is 5.24. The first-order valence-corrected chi connectivity index (χ1v) is 11.0. The van der Waals surface area contributed by atoms with Crippen molar-refractivity contribution < 1.29 is 14.4 Å². The van der Waals surface area contributed by atoms with E-state index in [1.54, 1.807) is 24.3 Å². The minimum absolute atomic E-state index is 0.0416. The number of ether oxygens (including phenoxy) is 2. The second-order valence-electron chi connectivity index (χ2n) is 6.96. The molecule has 0 amide bonds. The predicted molar refractivity (Wildman–Crippen MR) is 134 cm³/mol. The number of nitrogens with one attached hydrogen (secondary N) is 1. The highest BCUT2D eigenvalue weighted by Gasteiger charge is 2.15. The molecule has 0 aliphatic carbocycles. The summed E-state index contributed by atoms with van der Waals surface area (Å²) in [5, 5.41) is 16.3. The normalized spacial score (nSPS) is 10.8. The van der Waals surface area contributed by atoms with Crippen LogP contribution in [0.4, 0.5) is 11.5 Å². The summed E-state index contributed by atoms with van der Waals surface area (Å²) in [6, 6.07) is 11.7. The molecule has 10 heteroatoms. The number of hydrazone groups is 1. The topological polar surface area (TPSA) is 98.9 Å². The van der Waals surface area contributed by atoms with E-state index in [1.165, 1.54) is 24.5 Å². The number of hydrogen-bond acceptors (Lipinski definition) is 7. The SMILES string of the molecule is C=CCc1cc(/C=N\Nc2ncccc2[N+](=O)[O-])cc(OCC)c1OCc1ccc(Cl)cc1Cl. The van der Waals surface area contributed by atoms with E-state index < -0.39 is 4.92 Å². The summed E-state index contributed by atoms with van der Waals surface area (Å²) < 4.78 is 11.9. The zero-order chi connectivity index (χ0) is 24.5. The Bertz CT molecular complexity index is 1220. The van der Waals surface area contributed by atoms with Gasteiger partial charge < -0.3 is 9.47 Å². The van der Waals surface area contributed by atoms with Gasteiger partial charge in [0, 0.05) is 33.4 Å². The van der Waals surface area contributed by atoms with Gasteiger partial charge >= 0.3 is 5.69 Å². The summed E-state index contributed by atoms with van der Waals surface area (Å²) >= 11 is 12.3. The third kappa shape index (κ3) is 6.46. The molecule has 0 atom stereocenters. The molecular weight excluding hydrogens is 479 g/mol. The van der Waals surface area contributed by atoms with Crippen molar-refractivity contribution in [1.29, 1.82) is 0 Å². The van der Waals surface area contributed by atoms with Gasteiger partial charge in [-0.3, -0.25) is 15.5 Å². The number of halogens is 2. The van der Waals surface area contributed by atoms with Crippen LogP contribution in [0.2, 0.25) is 10.0 Å². The van der Waals surface area contributed by atoms with Gasteiger partial charge in [0.1, 0.15) is 6.61 Å². The molecule has 0 unspecified atom stereocenters. The van der Waals surface area contributed by atoms with Crippen molar-refractivity contribution in [1.82, 2.24) is 4.98 Å². The lowest BCUT2D eigenvalue weighted by molar-refractivity contribution is -0.384. The van der Waals surface area contributed by atoms with E-state index in [9.17, 15) is 10.1 Å². The van der Waals surface area contributed by atoms with Crippen LogP contribution in [-0.2, 0) is 13.0 Å². The third-order valence-corrected chi connectivity index (χ3v) is 5.16. The molecular formula is C24H22Cl2N4O4. The Labute approximate surface area is 207 Å². The first-order chi connectivity index (χ1) is 16.4. The predicted octanol–water partition coefficient (Wildman–Crippen LogP) is 6.45. The highest BCUT2D eigenvalue weighted by molar-refractivity contribution is 6.35. The van der Waals surface area contributed by atoms with Crippen LogP contribution in [0.3, 0.4) is 0 Å². The van der Waals surface area contributed by atoms with Crippen molar-refractivity contribution in [3.05, 3.63) is 98.2 Å². The smallest absolute Gasteiger partial charge is 0.313 e. The van der Waals surface area contributed by atoms with E-state index >= 15 is 0 Å². The monoisotopic (exact) mass is 500 g/mol. The number of rotatable bonds is 11.